The van der Waals surface area contributed by atoms with E-state index in [4.69, 9.17) is 0 Å². The zero-order valence-corrected chi connectivity index (χ0v) is 30.1. The van der Waals surface area contributed by atoms with Crippen molar-refractivity contribution in [2.45, 2.75) is 64.7 Å². The summed E-state index contributed by atoms with van der Waals surface area (Å²) in [6, 6.07) is 35.7. The maximum atomic E-state index is 2.44. The molecule has 0 bridgehead atoms. The molecule has 0 spiro atoms. The van der Waals surface area contributed by atoms with Gasteiger partial charge in [0.2, 0.25) is 5.69 Å². The van der Waals surface area contributed by atoms with Crippen molar-refractivity contribution in [2.75, 3.05) is 19.0 Å². The van der Waals surface area contributed by atoms with Crippen molar-refractivity contribution in [1.29, 1.82) is 0 Å². The predicted octanol–water partition coefficient (Wildman–Crippen LogP) is 11.7. The Balaban J connectivity index is 1.24. The maximum Gasteiger partial charge on any atom is 0.210 e. The van der Waals surface area contributed by atoms with Gasteiger partial charge >= 0.3 is 0 Å². The highest BCUT2D eigenvalue weighted by atomic mass is 15.2. The van der Waals surface area contributed by atoms with Crippen molar-refractivity contribution >= 4 is 44.2 Å². The van der Waals surface area contributed by atoms with Crippen LogP contribution in [0.15, 0.2) is 138 Å². The summed E-state index contributed by atoms with van der Waals surface area (Å²) in [5, 5.41) is 5.32. The molecular formula is C47H47N2+. The summed E-state index contributed by atoms with van der Waals surface area (Å²) in [6.45, 7) is 11.8. The van der Waals surface area contributed by atoms with Crippen LogP contribution in [0, 0.1) is 6.92 Å². The zero-order chi connectivity index (χ0) is 34.1. The Kier molecular flexibility index (Phi) is 7.41. The first-order valence-corrected chi connectivity index (χ1v) is 17.9. The number of benzene rings is 5. The Morgan fingerprint density at radius 1 is 0.673 bits per heavy atom. The average molecular weight is 640 g/mol. The van der Waals surface area contributed by atoms with Gasteiger partial charge in [0.1, 0.15) is 7.05 Å². The molecule has 5 aromatic carbocycles. The minimum Gasteiger partial charge on any atom is -0.347 e. The molecule has 0 saturated heterocycles. The number of fused-ring (bicyclic) bond motifs is 6. The normalized spacial score (nSPS) is 20.0. The van der Waals surface area contributed by atoms with E-state index in [9.17, 15) is 0 Å². The van der Waals surface area contributed by atoms with Gasteiger partial charge in [-0.05, 0) is 113 Å². The minimum atomic E-state index is -0.111. The van der Waals surface area contributed by atoms with Crippen molar-refractivity contribution in [3.8, 4) is 0 Å². The highest BCUT2D eigenvalue weighted by Gasteiger charge is 2.44. The van der Waals surface area contributed by atoms with Gasteiger partial charge in [-0.3, -0.25) is 0 Å². The summed E-state index contributed by atoms with van der Waals surface area (Å²) in [6.07, 6.45) is 13.0. The van der Waals surface area contributed by atoms with E-state index < -0.39 is 0 Å². The Labute approximate surface area is 292 Å². The maximum absolute atomic E-state index is 2.44. The van der Waals surface area contributed by atoms with Crippen LogP contribution in [0.4, 0.5) is 11.4 Å². The largest absolute Gasteiger partial charge is 0.347 e. The lowest BCUT2D eigenvalue weighted by Gasteiger charge is -2.26. The van der Waals surface area contributed by atoms with Gasteiger partial charge in [-0.2, -0.15) is 4.58 Å². The zero-order valence-electron chi connectivity index (χ0n) is 30.1. The molecule has 244 valence electrons. The predicted molar refractivity (Wildman–Crippen MR) is 210 cm³/mol. The van der Waals surface area contributed by atoms with E-state index in [1.165, 1.54) is 83.3 Å². The number of rotatable bonds is 4. The van der Waals surface area contributed by atoms with Crippen molar-refractivity contribution in [3.05, 3.63) is 160 Å². The van der Waals surface area contributed by atoms with E-state index in [-0.39, 0.29) is 10.8 Å². The molecule has 2 heteroatoms. The number of anilines is 1. The second-order valence-corrected chi connectivity index (χ2v) is 15.3. The molecule has 0 saturated carbocycles. The summed E-state index contributed by atoms with van der Waals surface area (Å²) in [5.41, 5.74) is 14.9. The first-order chi connectivity index (χ1) is 23.6. The molecule has 0 N–H and O–H groups in total. The third-order valence-electron chi connectivity index (χ3n) is 11.6. The standard InChI is InChI=1S/C47H47N2/c1-31-15-8-11-20-36(31)43-34(25-29-41-46(2,3)44-37-21-12-9-16-32(37)23-27-39(44)48(41)6)18-14-19-35(43)26-30-42-47(4,5)45-38-22-13-10-17-33(38)24-28-40(45)49(42)7/h8-13,15-17,20-30H,14,18-19H2,1-7H3/q+1. The monoisotopic (exact) mass is 639 g/mol. The number of hydrogen-bond acceptors (Lipinski definition) is 1. The van der Waals surface area contributed by atoms with Gasteiger partial charge in [0, 0.05) is 41.6 Å². The molecule has 49 heavy (non-hydrogen) atoms. The first-order valence-electron chi connectivity index (χ1n) is 17.9. The number of likely N-dealkylation sites (N-methyl/N-ethyl adjacent to an activating group) is 1. The van der Waals surface area contributed by atoms with Crippen molar-refractivity contribution < 1.29 is 4.58 Å². The van der Waals surface area contributed by atoms with Crippen LogP contribution < -0.4 is 4.90 Å². The van der Waals surface area contributed by atoms with Gasteiger partial charge in [0.15, 0.2) is 5.71 Å². The van der Waals surface area contributed by atoms with Crippen LogP contribution in [-0.4, -0.2) is 24.4 Å². The van der Waals surface area contributed by atoms with E-state index in [0.717, 1.165) is 19.3 Å². The van der Waals surface area contributed by atoms with E-state index in [0.29, 0.717) is 0 Å². The van der Waals surface area contributed by atoms with Crippen LogP contribution in [0.1, 0.15) is 69.2 Å². The van der Waals surface area contributed by atoms with Crippen molar-refractivity contribution in [2.24, 2.45) is 0 Å². The molecule has 2 aliphatic heterocycles. The highest BCUT2D eigenvalue weighted by Crippen LogP contribution is 2.50. The lowest BCUT2D eigenvalue weighted by atomic mass is 9.78. The fourth-order valence-corrected chi connectivity index (χ4v) is 9.20. The van der Waals surface area contributed by atoms with Crippen LogP contribution in [0.25, 0.3) is 27.1 Å². The van der Waals surface area contributed by atoms with Gasteiger partial charge in [-0.25, -0.2) is 0 Å². The van der Waals surface area contributed by atoms with Crippen molar-refractivity contribution in [3.63, 3.8) is 0 Å². The number of aryl methyl sites for hydroxylation is 1. The number of hydrogen-bond donors (Lipinski definition) is 0. The lowest BCUT2D eigenvalue weighted by Crippen LogP contribution is -2.27. The summed E-state index contributed by atoms with van der Waals surface area (Å²) < 4.78 is 2.41. The van der Waals surface area contributed by atoms with Gasteiger partial charge in [-0.15, -0.1) is 0 Å². The Hall–Kier alpha value is -4.95. The molecule has 0 radical (unpaired) electrons. The van der Waals surface area contributed by atoms with E-state index in [2.05, 4.69) is 180 Å². The lowest BCUT2D eigenvalue weighted by molar-refractivity contribution is -0.401. The van der Waals surface area contributed by atoms with Crippen molar-refractivity contribution in [1.82, 2.24) is 0 Å². The van der Waals surface area contributed by atoms with Gasteiger partial charge < -0.3 is 4.90 Å². The Morgan fingerprint density at radius 2 is 1.33 bits per heavy atom. The van der Waals surface area contributed by atoms with Crippen LogP contribution in [-0.2, 0) is 10.8 Å². The Bertz CT molecular complexity index is 2340. The van der Waals surface area contributed by atoms with Gasteiger partial charge in [-0.1, -0.05) is 105 Å². The molecule has 2 nitrogen and oxygen atoms in total. The molecule has 5 aromatic rings. The number of nitrogens with zero attached hydrogens (tertiary/aromatic N) is 2. The third-order valence-corrected chi connectivity index (χ3v) is 11.6. The summed E-state index contributed by atoms with van der Waals surface area (Å²) >= 11 is 0. The van der Waals surface area contributed by atoms with Crippen LogP contribution in [0.3, 0.4) is 0 Å². The second kappa shape index (κ2) is 11.6. The van der Waals surface area contributed by atoms with Crippen LogP contribution in [0.2, 0.25) is 0 Å². The fourth-order valence-electron chi connectivity index (χ4n) is 9.20. The van der Waals surface area contributed by atoms with Crippen LogP contribution in [0.5, 0.6) is 0 Å². The van der Waals surface area contributed by atoms with Gasteiger partial charge in [0.25, 0.3) is 0 Å². The fraction of sp³-hybridized carbons (Fsp3) is 0.255. The topological polar surface area (TPSA) is 6.25 Å². The molecular weight excluding hydrogens is 593 g/mol. The minimum absolute atomic E-state index is 0.111. The third kappa shape index (κ3) is 4.87. The Morgan fingerprint density at radius 3 is 2.06 bits per heavy atom. The molecule has 2 heterocycles. The van der Waals surface area contributed by atoms with E-state index in [1.807, 2.05) is 0 Å². The molecule has 0 unspecified atom stereocenters. The molecule has 8 rings (SSSR count). The first kappa shape index (κ1) is 31.3. The smallest absolute Gasteiger partial charge is 0.210 e. The molecule has 0 aromatic heterocycles. The SMILES string of the molecule is Cc1ccccc1C1=C(C=CC2=[N+](C)c3ccc4ccccc4c3C2(C)C)CCCC1=CC=C1N(C)c2ccc3ccccc3c2C1(C)C. The van der Waals surface area contributed by atoms with E-state index >= 15 is 0 Å². The molecule has 0 amide bonds. The quantitative estimate of drug-likeness (QED) is 0.177. The molecule has 3 aliphatic rings. The van der Waals surface area contributed by atoms with E-state index in [1.54, 1.807) is 0 Å². The summed E-state index contributed by atoms with van der Waals surface area (Å²) in [4.78, 5) is 2.41. The summed E-state index contributed by atoms with van der Waals surface area (Å²) in [7, 11) is 4.47. The number of allylic oxidation sites excluding steroid dienone is 8. The molecule has 1 aliphatic carbocycles. The molecule has 0 atom stereocenters. The average Bonchev–Trinajstić information content (AvgIpc) is 3.43. The van der Waals surface area contributed by atoms with Gasteiger partial charge in [0.05, 0.1) is 5.41 Å². The van der Waals surface area contributed by atoms with Crippen LogP contribution >= 0.6 is 0 Å². The molecule has 0 fully saturated rings. The second-order valence-electron chi connectivity index (χ2n) is 15.3. The summed E-state index contributed by atoms with van der Waals surface area (Å²) in [5.74, 6) is 0. The highest BCUT2D eigenvalue weighted by molar-refractivity contribution is 6.08.